The van der Waals surface area contributed by atoms with Gasteiger partial charge < -0.3 is 21.3 Å². The van der Waals surface area contributed by atoms with Gasteiger partial charge >= 0.3 is 6.18 Å². The zero-order valence-electron chi connectivity index (χ0n) is 17.0. The normalized spacial score (nSPS) is 17.5. The third kappa shape index (κ3) is 7.23. The number of hydrogen-bond donors (Lipinski definition) is 3. The molecule has 0 spiro atoms. The molecule has 166 valence electrons. The summed E-state index contributed by atoms with van der Waals surface area (Å²) in [5.74, 6) is 0.133. The molecule has 1 saturated heterocycles. The van der Waals surface area contributed by atoms with Crippen molar-refractivity contribution in [3.8, 4) is 0 Å². The number of likely N-dealkylation sites (tertiary alicyclic amines) is 1. The van der Waals surface area contributed by atoms with Gasteiger partial charge in [-0.25, -0.2) is 0 Å². The van der Waals surface area contributed by atoms with Crippen molar-refractivity contribution in [3.05, 3.63) is 35.4 Å². The molecule has 0 saturated carbocycles. The van der Waals surface area contributed by atoms with Crippen molar-refractivity contribution in [3.63, 3.8) is 0 Å². The second-order valence-electron chi connectivity index (χ2n) is 7.19. The molecule has 0 radical (unpaired) electrons. The average Bonchev–Trinajstić information content (AvgIpc) is 2.69. The lowest BCUT2D eigenvalue weighted by molar-refractivity contribution is -0.137. The van der Waals surface area contributed by atoms with Crippen LogP contribution in [0, 0.1) is 5.92 Å². The van der Waals surface area contributed by atoms with Crippen LogP contribution in [0.5, 0.6) is 0 Å². The van der Waals surface area contributed by atoms with E-state index in [1.165, 1.54) is 0 Å². The van der Waals surface area contributed by atoms with E-state index >= 15 is 0 Å². The maximum Gasteiger partial charge on any atom is 0.416 e. The molecule has 1 aliphatic rings. The summed E-state index contributed by atoms with van der Waals surface area (Å²) < 4.78 is 37.8. The molecule has 30 heavy (non-hydrogen) atoms. The van der Waals surface area contributed by atoms with Gasteiger partial charge in [0.2, 0.25) is 5.91 Å². The number of nitrogens with zero attached hydrogens (tertiary/aromatic N) is 2. The highest BCUT2D eigenvalue weighted by Crippen LogP contribution is 2.29. The van der Waals surface area contributed by atoms with Crippen LogP contribution < -0.4 is 16.4 Å². The van der Waals surface area contributed by atoms with Crippen LogP contribution in [-0.2, 0) is 11.0 Å². The van der Waals surface area contributed by atoms with E-state index in [1.54, 1.807) is 0 Å². The first kappa shape index (κ1) is 23.5. The van der Waals surface area contributed by atoms with Crippen molar-refractivity contribution in [2.45, 2.75) is 32.4 Å². The number of aliphatic imine (C=N–C) groups is 1. The Hall–Kier alpha value is -2.78. The van der Waals surface area contributed by atoms with E-state index in [0.29, 0.717) is 32.0 Å². The van der Waals surface area contributed by atoms with Crippen LogP contribution in [0.2, 0.25) is 0 Å². The molecule has 7 nitrogen and oxygen atoms in total. The Kier molecular flexibility index (Phi) is 8.49. The number of nitrogens with two attached hydrogens (primary N) is 1. The Bertz CT molecular complexity index is 750. The van der Waals surface area contributed by atoms with E-state index in [1.807, 2.05) is 6.92 Å². The van der Waals surface area contributed by atoms with Crippen molar-refractivity contribution >= 4 is 17.8 Å². The van der Waals surface area contributed by atoms with E-state index in [9.17, 15) is 22.8 Å². The molecule has 0 bridgehead atoms. The number of hydrogen-bond acceptors (Lipinski definition) is 3. The van der Waals surface area contributed by atoms with Crippen molar-refractivity contribution in [2.75, 3.05) is 32.7 Å². The Morgan fingerprint density at radius 2 is 1.93 bits per heavy atom. The van der Waals surface area contributed by atoms with Gasteiger partial charge in [0.25, 0.3) is 5.91 Å². The summed E-state index contributed by atoms with van der Waals surface area (Å²) in [6, 6.07) is 4.07. The topological polar surface area (TPSA) is 99.8 Å². The minimum Gasteiger partial charge on any atom is -0.370 e. The predicted octanol–water partition coefficient (Wildman–Crippen LogP) is 1.99. The maximum absolute atomic E-state index is 12.6. The number of amides is 2. The van der Waals surface area contributed by atoms with Gasteiger partial charge in [0, 0.05) is 38.2 Å². The highest BCUT2D eigenvalue weighted by Gasteiger charge is 2.30. The molecule has 1 aliphatic heterocycles. The van der Waals surface area contributed by atoms with Crippen molar-refractivity contribution in [2.24, 2.45) is 16.6 Å². The van der Waals surface area contributed by atoms with Gasteiger partial charge in [0.1, 0.15) is 0 Å². The molecular formula is C20H28F3N5O2. The summed E-state index contributed by atoms with van der Waals surface area (Å²) in [5.41, 5.74) is 4.67. The SMILES string of the molecule is CCNC(=NCCNC(=O)c1ccc(C(F)(F)F)cc1)N1CCCC(CC(N)=O)C1. The average molecular weight is 427 g/mol. The predicted molar refractivity (Wildman–Crippen MR) is 108 cm³/mol. The van der Waals surface area contributed by atoms with Crippen LogP contribution in [0.4, 0.5) is 13.2 Å². The van der Waals surface area contributed by atoms with Crippen LogP contribution in [-0.4, -0.2) is 55.4 Å². The van der Waals surface area contributed by atoms with Gasteiger partial charge in [-0.1, -0.05) is 0 Å². The van der Waals surface area contributed by atoms with Crippen LogP contribution in [0.15, 0.2) is 29.3 Å². The summed E-state index contributed by atoms with van der Waals surface area (Å²) in [4.78, 5) is 29.9. The summed E-state index contributed by atoms with van der Waals surface area (Å²) in [6.45, 7) is 4.69. The molecule has 4 N–H and O–H groups in total. The molecule has 1 aromatic rings. The quantitative estimate of drug-likeness (QED) is 0.352. The lowest BCUT2D eigenvalue weighted by Gasteiger charge is -2.34. The Balaban J connectivity index is 1.88. The van der Waals surface area contributed by atoms with E-state index in [-0.39, 0.29) is 23.9 Å². The van der Waals surface area contributed by atoms with Crippen LogP contribution in [0.3, 0.4) is 0 Å². The summed E-state index contributed by atoms with van der Waals surface area (Å²) in [6.07, 6.45) is -2.20. The number of halogens is 3. The number of primary amides is 1. The van der Waals surface area contributed by atoms with Gasteiger partial charge in [-0.15, -0.1) is 0 Å². The third-order valence-electron chi connectivity index (χ3n) is 4.78. The lowest BCUT2D eigenvalue weighted by Crippen LogP contribution is -2.47. The van der Waals surface area contributed by atoms with Crippen molar-refractivity contribution in [1.82, 2.24) is 15.5 Å². The standard InChI is InChI=1S/C20H28F3N5O2/c1-2-25-19(28-11-3-4-14(13-28)12-17(24)29)27-10-9-26-18(30)15-5-7-16(8-6-15)20(21,22)23/h5-8,14H,2-4,9-13H2,1H3,(H2,24,29)(H,25,27)(H,26,30). The molecule has 1 fully saturated rings. The molecule has 1 aromatic carbocycles. The first-order valence-electron chi connectivity index (χ1n) is 9.97. The number of alkyl halides is 3. The molecule has 1 unspecified atom stereocenters. The molecule has 1 heterocycles. The summed E-state index contributed by atoms with van der Waals surface area (Å²) in [7, 11) is 0. The van der Waals surface area contributed by atoms with Gasteiger partial charge in [-0.2, -0.15) is 13.2 Å². The number of benzene rings is 1. The number of piperidine rings is 1. The Morgan fingerprint density at radius 3 is 2.53 bits per heavy atom. The number of carbonyl (C=O) groups is 2. The minimum atomic E-state index is -4.43. The lowest BCUT2D eigenvalue weighted by atomic mass is 9.95. The van der Waals surface area contributed by atoms with Crippen LogP contribution in [0.1, 0.15) is 42.1 Å². The molecule has 1 atom stereocenters. The Morgan fingerprint density at radius 1 is 1.23 bits per heavy atom. The largest absolute Gasteiger partial charge is 0.416 e. The fourth-order valence-corrected chi connectivity index (χ4v) is 3.38. The van der Waals surface area contributed by atoms with Gasteiger partial charge in [-0.3, -0.25) is 14.6 Å². The molecule has 2 rings (SSSR count). The fourth-order valence-electron chi connectivity index (χ4n) is 3.38. The number of guanidine groups is 1. The zero-order valence-corrected chi connectivity index (χ0v) is 17.0. The highest BCUT2D eigenvalue weighted by molar-refractivity contribution is 5.94. The van der Waals surface area contributed by atoms with E-state index < -0.39 is 17.6 Å². The van der Waals surface area contributed by atoms with Gasteiger partial charge in [-0.05, 0) is 49.9 Å². The van der Waals surface area contributed by atoms with Crippen molar-refractivity contribution in [1.29, 1.82) is 0 Å². The number of carbonyl (C=O) groups excluding carboxylic acids is 2. The van der Waals surface area contributed by atoms with Gasteiger partial charge in [0.15, 0.2) is 5.96 Å². The van der Waals surface area contributed by atoms with Crippen LogP contribution >= 0.6 is 0 Å². The summed E-state index contributed by atoms with van der Waals surface area (Å²) >= 11 is 0. The van der Waals surface area contributed by atoms with E-state index in [2.05, 4.69) is 20.5 Å². The monoisotopic (exact) mass is 427 g/mol. The van der Waals surface area contributed by atoms with Gasteiger partial charge in [0.05, 0.1) is 12.1 Å². The second kappa shape index (κ2) is 10.8. The summed E-state index contributed by atoms with van der Waals surface area (Å²) in [5, 5.41) is 5.86. The molecule has 2 amide bonds. The minimum absolute atomic E-state index is 0.157. The fraction of sp³-hybridized carbons (Fsp3) is 0.550. The van der Waals surface area contributed by atoms with Crippen molar-refractivity contribution < 1.29 is 22.8 Å². The number of rotatable bonds is 7. The Labute approximate surface area is 173 Å². The molecule has 10 heteroatoms. The third-order valence-corrected chi connectivity index (χ3v) is 4.78. The zero-order chi connectivity index (χ0) is 22.1. The van der Waals surface area contributed by atoms with E-state index in [4.69, 9.17) is 5.73 Å². The first-order valence-corrected chi connectivity index (χ1v) is 9.97. The second-order valence-corrected chi connectivity index (χ2v) is 7.19. The molecule has 0 aromatic heterocycles. The number of nitrogens with one attached hydrogen (secondary N) is 2. The first-order chi connectivity index (χ1) is 14.2. The van der Waals surface area contributed by atoms with E-state index in [0.717, 1.165) is 43.7 Å². The molecular weight excluding hydrogens is 399 g/mol. The van der Waals surface area contributed by atoms with Crippen LogP contribution in [0.25, 0.3) is 0 Å². The smallest absolute Gasteiger partial charge is 0.370 e. The molecule has 0 aliphatic carbocycles. The highest BCUT2D eigenvalue weighted by atomic mass is 19.4. The maximum atomic E-state index is 12.6.